The average molecular weight is 355 g/mol. The van der Waals surface area contributed by atoms with Crippen molar-refractivity contribution in [2.45, 2.75) is 6.42 Å². The van der Waals surface area contributed by atoms with Crippen LogP contribution >= 0.6 is 0 Å². The second kappa shape index (κ2) is 5.13. The van der Waals surface area contributed by atoms with Crippen molar-refractivity contribution in [3.05, 3.63) is 40.0 Å². The van der Waals surface area contributed by atoms with Crippen LogP contribution in [0.25, 0.3) is 0 Å². The van der Waals surface area contributed by atoms with Gasteiger partial charge in [0.1, 0.15) is 0 Å². The predicted octanol–water partition coefficient (Wildman–Crippen LogP) is 1.46. The lowest BCUT2D eigenvalue weighted by Gasteiger charge is -2.13. The van der Waals surface area contributed by atoms with Crippen molar-refractivity contribution in [2.24, 2.45) is 28.8 Å². The molecule has 2 amide bonds. The molecule has 5 rings (SSSR count). The van der Waals surface area contributed by atoms with E-state index < -0.39 is 4.92 Å². The molecule has 1 aromatic rings. The molecule has 4 atom stereocenters. The number of nitrogens with zero attached hydrogens (tertiary/aromatic N) is 3. The third-order valence-electron chi connectivity index (χ3n) is 5.48. The molecule has 2 aliphatic heterocycles. The molecule has 9 nitrogen and oxygen atoms in total. The van der Waals surface area contributed by atoms with Crippen LogP contribution in [0, 0.1) is 33.8 Å². The highest BCUT2D eigenvalue weighted by atomic mass is 16.7. The lowest BCUT2D eigenvalue weighted by Crippen LogP contribution is -2.28. The maximum atomic E-state index is 12.6. The number of nitro groups is 1. The quantitative estimate of drug-likeness (QED) is 0.267. The maximum Gasteiger partial charge on any atom is 0.282 e. The maximum absolute atomic E-state index is 12.6. The average Bonchev–Trinajstić information content (AvgIpc) is 3.37. The Morgan fingerprint density at radius 3 is 2.35 bits per heavy atom. The smallest absolute Gasteiger partial charge is 0.282 e. The largest absolute Gasteiger partial charge is 0.454 e. The first-order valence-electron chi connectivity index (χ1n) is 8.23. The van der Waals surface area contributed by atoms with Crippen molar-refractivity contribution in [2.75, 3.05) is 6.79 Å². The van der Waals surface area contributed by atoms with Crippen molar-refractivity contribution in [3.63, 3.8) is 0 Å². The van der Waals surface area contributed by atoms with Gasteiger partial charge in [-0.25, -0.2) is 0 Å². The van der Waals surface area contributed by atoms with Crippen LogP contribution in [0.1, 0.15) is 12.0 Å². The summed E-state index contributed by atoms with van der Waals surface area (Å²) in [7, 11) is 0. The molecule has 1 saturated carbocycles. The Labute approximate surface area is 147 Å². The Morgan fingerprint density at radius 1 is 1.12 bits per heavy atom. The standard InChI is InChI=1S/C17H13N3O6/c21-16-14-8-1-2-9(3-8)15(14)17(22)19(16)18-6-10-4-12-13(26-7-25-12)5-11(10)20(23)24/h1-2,4-6,8-9,14-15H,3,7H2/b18-6-/t8-,9-,14-,15+/m0/s1. The van der Waals surface area contributed by atoms with Crippen LogP contribution < -0.4 is 9.47 Å². The molecule has 1 aromatic carbocycles. The number of rotatable bonds is 3. The van der Waals surface area contributed by atoms with Crippen LogP contribution in [0.15, 0.2) is 29.4 Å². The van der Waals surface area contributed by atoms with Crippen LogP contribution in [0.2, 0.25) is 0 Å². The van der Waals surface area contributed by atoms with Crippen molar-refractivity contribution < 1.29 is 24.0 Å². The van der Waals surface area contributed by atoms with Crippen LogP contribution in [0.4, 0.5) is 5.69 Å². The summed E-state index contributed by atoms with van der Waals surface area (Å²) in [5.74, 6) is -0.589. The van der Waals surface area contributed by atoms with Gasteiger partial charge < -0.3 is 9.47 Å². The molecule has 0 N–H and O–H groups in total. The fourth-order valence-electron chi connectivity index (χ4n) is 4.33. The molecule has 0 unspecified atom stereocenters. The van der Waals surface area contributed by atoms with E-state index in [1.165, 1.54) is 12.1 Å². The Bertz CT molecular complexity index is 893. The van der Waals surface area contributed by atoms with Gasteiger partial charge in [0.15, 0.2) is 11.5 Å². The zero-order chi connectivity index (χ0) is 18.0. The summed E-state index contributed by atoms with van der Waals surface area (Å²) in [6, 6.07) is 2.66. The van der Waals surface area contributed by atoms with E-state index in [4.69, 9.17) is 9.47 Å². The minimum atomic E-state index is -0.574. The van der Waals surface area contributed by atoms with Crippen molar-refractivity contribution in [3.8, 4) is 11.5 Å². The molecule has 2 fully saturated rings. The number of allylic oxidation sites excluding steroid dienone is 2. The number of ether oxygens (including phenoxy) is 2. The van der Waals surface area contributed by atoms with Gasteiger partial charge in [-0.1, -0.05) is 12.2 Å². The molecular weight excluding hydrogens is 342 g/mol. The molecule has 1 saturated heterocycles. The molecule has 2 aliphatic carbocycles. The van der Waals surface area contributed by atoms with Crippen LogP contribution in [0.5, 0.6) is 11.5 Å². The molecule has 4 aliphatic rings. The number of amides is 2. The van der Waals surface area contributed by atoms with E-state index in [0.29, 0.717) is 5.75 Å². The summed E-state index contributed by atoms with van der Waals surface area (Å²) in [5.41, 5.74) is -0.1000. The summed E-state index contributed by atoms with van der Waals surface area (Å²) in [6.07, 6.45) is 5.98. The lowest BCUT2D eigenvalue weighted by atomic mass is 9.85. The number of imide groups is 1. The van der Waals surface area contributed by atoms with Gasteiger partial charge in [0.05, 0.1) is 34.6 Å². The fraction of sp³-hybridized carbons (Fsp3) is 0.353. The summed E-state index contributed by atoms with van der Waals surface area (Å²) in [5, 5.41) is 16.1. The lowest BCUT2D eigenvalue weighted by molar-refractivity contribution is -0.385. The Kier molecular flexibility index (Phi) is 2.97. The highest BCUT2D eigenvalue weighted by molar-refractivity contribution is 6.07. The topological polar surface area (TPSA) is 111 Å². The zero-order valence-electron chi connectivity index (χ0n) is 13.4. The van der Waals surface area contributed by atoms with Crippen molar-refractivity contribution in [1.29, 1.82) is 0 Å². The van der Waals surface area contributed by atoms with Crippen LogP contribution in [0.3, 0.4) is 0 Å². The van der Waals surface area contributed by atoms with Gasteiger partial charge >= 0.3 is 0 Å². The van der Waals surface area contributed by atoms with Gasteiger partial charge in [-0.2, -0.15) is 10.1 Å². The van der Waals surface area contributed by atoms with E-state index in [9.17, 15) is 19.7 Å². The molecule has 0 radical (unpaired) electrons. The molecular formula is C17H13N3O6. The summed E-state index contributed by atoms with van der Waals surface area (Å²) in [4.78, 5) is 35.9. The van der Waals surface area contributed by atoms with E-state index in [1.807, 2.05) is 12.2 Å². The Hall–Kier alpha value is -3.23. The minimum Gasteiger partial charge on any atom is -0.454 e. The minimum absolute atomic E-state index is 0.0185. The zero-order valence-corrected chi connectivity index (χ0v) is 13.4. The molecule has 0 spiro atoms. The van der Waals surface area contributed by atoms with Gasteiger partial charge in [-0.05, 0) is 24.3 Å². The number of hydrazone groups is 1. The predicted molar refractivity (Wildman–Crippen MR) is 86.4 cm³/mol. The SMILES string of the molecule is O=C1[C@@H]2[C@H](C(=O)N1/N=C\c1cc3c(cc1[N+](=O)[O-])OCO3)[C@H]1C=C[C@H]2C1. The van der Waals surface area contributed by atoms with E-state index in [2.05, 4.69) is 5.10 Å². The summed E-state index contributed by atoms with van der Waals surface area (Å²) in [6.45, 7) is -0.0185. The van der Waals surface area contributed by atoms with E-state index >= 15 is 0 Å². The number of fused-ring (bicyclic) bond motifs is 6. The van der Waals surface area contributed by atoms with Gasteiger partial charge in [0, 0.05) is 0 Å². The summed E-state index contributed by atoms with van der Waals surface area (Å²) >= 11 is 0. The third kappa shape index (κ3) is 1.94. The number of carbonyl (C=O) groups is 2. The van der Waals surface area contributed by atoms with Crippen LogP contribution in [-0.4, -0.2) is 34.8 Å². The van der Waals surface area contributed by atoms with Gasteiger partial charge in [-0.3, -0.25) is 19.7 Å². The third-order valence-corrected chi connectivity index (χ3v) is 5.48. The molecule has 2 heterocycles. The molecule has 9 heteroatoms. The number of carbonyl (C=O) groups excluding carboxylic acids is 2. The van der Waals surface area contributed by atoms with Crippen molar-refractivity contribution in [1.82, 2.24) is 5.01 Å². The second-order valence-corrected chi connectivity index (χ2v) is 6.75. The first-order chi connectivity index (χ1) is 12.5. The molecule has 26 heavy (non-hydrogen) atoms. The number of hydrogen-bond acceptors (Lipinski definition) is 7. The molecule has 0 aromatic heterocycles. The number of nitro benzene ring substituents is 1. The van der Waals surface area contributed by atoms with Gasteiger partial charge in [0.2, 0.25) is 6.79 Å². The van der Waals surface area contributed by atoms with E-state index in [-0.39, 0.29) is 59.3 Å². The Morgan fingerprint density at radius 2 is 1.73 bits per heavy atom. The number of benzene rings is 1. The first-order valence-corrected chi connectivity index (χ1v) is 8.23. The van der Waals surface area contributed by atoms with Crippen LogP contribution in [-0.2, 0) is 9.59 Å². The highest BCUT2D eigenvalue weighted by Gasteiger charge is 2.59. The second-order valence-electron chi connectivity index (χ2n) is 6.75. The van der Waals surface area contributed by atoms with Crippen molar-refractivity contribution >= 4 is 23.7 Å². The Balaban J connectivity index is 1.47. The van der Waals surface area contributed by atoms with E-state index in [1.54, 1.807) is 0 Å². The highest BCUT2D eigenvalue weighted by Crippen LogP contribution is 2.52. The molecule has 2 bridgehead atoms. The number of hydrogen-bond donors (Lipinski definition) is 0. The first kappa shape index (κ1) is 15.1. The fourth-order valence-corrected chi connectivity index (χ4v) is 4.33. The summed E-state index contributed by atoms with van der Waals surface area (Å²) < 4.78 is 10.4. The molecule has 132 valence electrons. The van der Waals surface area contributed by atoms with Gasteiger partial charge in [0.25, 0.3) is 17.5 Å². The monoisotopic (exact) mass is 355 g/mol. The van der Waals surface area contributed by atoms with Gasteiger partial charge in [-0.15, -0.1) is 0 Å². The normalized spacial score (nSPS) is 30.7. The van der Waals surface area contributed by atoms with E-state index in [0.717, 1.165) is 17.6 Å².